The van der Waals surface area contributed by atoms with E-state index in [9.17, 15) is 18.0 Å². The van der Waals surface area contributed by atoms with Crippen molar-refractivity contribution in [3.05, 3.63) is 45.8 Å². The van der Waals surface area contributed by atoms with Gasteiger partial charge in [-0.15, -0.1) is 0 Å². The molecule has 2 heterocycles. The Balaban J connectivity index is 2.53. The first-order chi connectivity index (χ1) is 9.81. The van der Waals surface area contributed by atoms with Crippen molar-refractivity contribution < 1.29 is 17.9 Å². The smallest absolute Gasteiger partial charge is 0.431 e. The number of hydrogen-bond acceptors (Lipinski definition) is 5. The van der Waals surface area contributed by atoms with Crippen molar-refractivity contribution in [3.63, 3.8) is 0 Å². The number of aromatic amines is 1. The summed E-state index contributed by atoms with van der Waals surface area (Å²) in [6.07, 6.45) is -4.23. The molecule has 2 rings (SSSR count). The maximum absolute atomic E-state index is 12.8. The van der Waals surface area contributed by atoms with E-state index in [0.29, 0.717) is 12.0 Å². The number of aromatic nitrogens is 3. The third kappa shape index (κ3) is 3.17. The number of rotatable bonds is 2. The van der Waals surface area contributed by atoms with Gasteiger partial charge in [0.05, 0.1) is 18.0 Å². The molecule has 1 N–H and O–H groups in total. The van der Waals surface area contributed by atoms with Crippen LogP contribution in [0.15, 0.2) is 23.3 Å². The molecule has 0 amide bonds. The number of nitrogens with zero attached hydrogens (tertiary/aromatic N) is 3. The molecule has 9 heteroatoms. The zero-order valence-corrected chi connectivity index (χ0v) is 10.5. The van der Waals surface area contributed by atoms with E-state index in [-0.39, 0.29) is 11.4 Å². The highest BCUT2D eigenvalue weighted by atomic mass is 19.4. The maximum Gasteiger partial charge on any atom is 0.437 e. The maximum atomic E-state index is 12.8. The zero-order valence-electron chi connectivity index (χ0n) is 10.5. The van der Waals surface area contributed by atoms with Crippen LogP contribution in [0.25, 0.3) is 0 Å². The Bertz CT molecular complexity index is 777. The van der Waals surface area contributed by atoms with E-state index >= 15 is 0 Å². The van der Waals surface area contributed by atoms with Gasteiger partial charge in [0.2, 0.25) is 11.6 Å². The Morgan fingerprint density at radius 1 is 1.38 bits per heavy atom. The van der Waals surface area contributed by atoms with Gasteiger partial charge in [0.25, 0.3) is 5.56 Å². The Kier molecular flexibility index (Phi) is 3.62. The van der Waals surface area contributed by atoms with Crippen LogP contribution < -0.4 is 10.3 Å². The Morgan fingerprint density at radius 3 is 2.71 bits per heavy atom. The normalized spacial score (nSPS) is 11.0. The van der Waals surface area contributed by atoms with Gasteiger partial charge in [-0.2, -0.15) is 18.4 Å². The molecule has 0 unspecified atom stereocenters. The van der Waals surface area contributed by atoms with Crippen molar-refractivity contribution >= 4 is 0 Å². The fraction of sp³-hybridized carbons (Fsp3) is 0.167. The quantitative estimate of drug-likeness (QED) is 0.916. The number of alkyl halides is 3. The largest absolute Gasteiger partial charge is 0.437 e. The minimum Gasteiger partial charge on any atom is -0.431 e. The molecule has 0 saturated carbocycles. The number of ether oxygens (including phenoxy) is 1. The minimum atomic E-state index is -4.86. The van der Waals surface area contributed by atoms with Crippen LogP contribution in [-0.4, -0.2) is 15.0 Å². The molecular formula is C12H7F3N4O2. The number of pyridine rings is 1. The van der Waals surface area contributed by atoms with Crippen molar-refractivity contribution in [3.8, 4) is 17.7 Å². The molecule has 0 bridgehead atoms. The highest BCUT2D eigenvalue weighted by Gasteiger charge is 2.38. The molecule has 0 spiro atoms. The highest BCUT2D eigenvalue weighted by Crippen LogP contribution is 2.33. The van der Waals surface area contributed by atoms with Crippen LogP contribution in [-0.2, 0) is 6.18 Å². The van der Waals surface area contributed by atoms with Crippen LogP contribution in [0.1, 0.15) is 17.0 Å². The van der Waals surface area contributed by atoms with Gasteiger partial charge in [0.15, 0.2) is 5.69 Å². The second-order valence-electron chi connectivity index (χ2n) is 3.96. The van der Waals surface area contributed by atoms with E-state index in [0.717, 1.165) is 6.07 Å². The van der Waals surface area contributed by atoms with Crippen LogP contribution in [0.5, 0.6) is 11.6 Å². The van der Waals surface area contributed by atoms with E-state index in [4.69, 9.17) is 10.00 Å². The third-order valence-electron chi connectivity index (χ3n) is 2.34. The fourth-order valence-electron chi connectivity index (χ4n) is 1.54. The Labute approximate surface area is 115 Å². The van der Waals surface area contributed by atoms with Crippen molar-refractivity contribution in [2.45, 2.75) is 13.1 Å². The molecule has 6 nitrogen and oxygen atoms in total. The molecule has 0 radical (unpaired) electrons. The van der Waals surface area contributed by atoms with Gasteiger partial charge in [-0.1, -0.05) is 0 Å². The van der Waals surface area contributed by atoms with Crippen molar-refractivity contribution in [1.82, 2.24) is 15.0 Å². The zero-order chi connectivity index (χ0) is 15.6. The predicted octanol–water partition coefficient (Wildman–Crippen LogP) is 2.16. The lowest BCUT2D eigenvalue weighted by atomic mass is 10.2. The topological polar surface area (TPSA) is 91.7 Å². The van der Waals surface area contributed by atoms with Crippen LogP contribution in [0.3, 0.4) is 0 Å². The summed E-state index contributed by atoms with van der Waals surface area (Å²) >= 11 is 0. The Morgan fingerprint density at radius 2 is 2.10 bits per heavy atom. The third-order valence-corrected chi connectivity index (χ3v) is 2.34. The second-order valence-corrected chi connectivity index (χ2v) is 3.96. The number of nitriles is 1. The number of nitrogens with one attached hydrogen (secondary N) is 1. The first kappa shape index (κ1) is 14.5. The molecule has 0 saturated heterocycles. The first-order valence-electron chi connectivity index (χ1n) is 5.53. The van der Waals surface area contributed by atoms with E-state index in [1.807, 2.05) is 11.1 Å². The molecule has 0 aliphatic heterocycles. The van der Waals surface area contributed by atoms with Gasteiger partial charge in [-0.05, 0) is 13.0 Å². The summed E-state index contributed by atoms with van der Waals surface area (Å²) in [4.78, 5) is 20.4. The van der Waals surface area contributed by atoms with Gasteiger partial charge >= 0.3 is 6.18 Å². The van der Waals surface area contributed by atoms with Crippen LogP contribution in [0.4, 0.5) is 13.2 Å². The van der Waals surface area contributed by atoms with Gasteiger partial charge in [-0.25, -0.2) is 9.97 Å². The van der Waals surface area contributed by atoms with E-state index in [1.165, 1.54) is 13.0 Å². The van der Waals surface area contributed by atoms with E-state index in [1.54, 1.807) is 0 Å². The van der Waals surface area contributed by atoms with E-state index in [2.05, 4.69) is 9.97 Å². The molecule has 2 aromatic rings. The summed E-state index contributed by atoms with van der Waals surface area (Å²) in [6, 6.07) is 4.36. The molecule has 0 fully saturated rings. The molecule has 108 valence electrons. The second kappa shape index (κ2) is 5.24. The first-order valence-corrected chi connectivity index (χ1v) is 5.53. The lowest BCUT2D eigenvalue weighted by Gasteiger charge is -2.11. The van der Waals surface area contributed by atoms with E-state index < -0.39 is 23.2 Å². The number of H-pyrrole nitrogens is 1. The molecule has 21 heavy (non-hydrogen) atoms. The number of hydrogen-bond donors (Lipinski definition) is 1. The van der Waals surface area contributed by atoms with Gasteiger partial charge in [-0.3, -0.25) is 4.79 Å². The lowest BCUT2D eigenvalue weighted by molar-refractivity contribution is -0.142. The average molecular weight is 296 g/mol. The monoisotopic (exact) mass is 296 g/mol. The number of halogens is 3. The summed E-state index contributed by atoms with van der Waals surface area (Å²) in [5.41, 5.74) is -2.06. The molecule has 0 aliphatic carbocycles. The summed E-state index contributed by atoms with van der Waals surface area (Å²) in [5.74, 6) is -1.32. The van der Waals surface area contributed by atoms with Crippen molar-refractivity contribution in [2.24, 2.45) is 0 Å². The van der Waals surface area contributed by atoms with Crippen molar-refractivity contribution in [1.29, 1.82) is 5.26 Å². The Hall–Kier alpha value is -2.89. The fourth-order valence-corrected chi connectivity index (χ4v) is 1.54. The summed E-state index contributed by atoms with van der Waals surface area (Å²) in [5, 5.41) is 8.80. The standard InChI is InChI=1S/C12H7F3N4O2/c1-6-2-7(4-16)3-8(19-6)21-9-10(12(13,14)15)17-5-18-11(9)20/h2-3,5H,1H3,(H,17,18,20). The summed E-state index contributed by atoms with van der Waals surface area (Å²) in [7, 11) is 0. The van der Waals surface area contributed by atoms with Gasteiger partial charge in [0, 0.05) is 11.8 Å². The minimum absolute atomic E-state index is 0.145. The highest BCUT2D eigenvalue weighted by molar-refractivity contribution is 5.37. The van der Waals surface area contributed by atoms with Gasteiger partial charge < -0.3 is 9.72 Å². The average Bonchev–Trinajstić information content (AvgIpc) is 2.39. The van der Waals surface area contributed by atoms with Crippen molar-refractivity contribution in [2.75, 3.05) is 0 Å². The molecule has 2 aromatic heterocycles. The van der Waals surface area contributed by atoms with Crippen LogP contribution in [0, 0.1) is 18.3 Å². The molecule has 0 aliphatic rings. The SMILES string of the molecule is Cc1cc(C#N)cc(Oc2c(C(F)(F)F)nc[nH]c2=O)n1. The molecule has 0 aromatic carbocycles. The molecule has 0 atom stereocenters. The molecular weight excluding hydrogens is 289 g/mol. The van der Waals surface area contributed by atoms with Gasteiger partial charge in [0.1, 0.15) is 0 Å². The van der Waals surface area contributed by atoms with Crippen LogP contribution >= 0.6 is 0 Å². The number of aryl methyl sites for hydroxylation is 1. The predicted molar refractivity (Wildman–Crippen MR) is 63.6 cm³/mol. The van der Waals surface area contributed by atoms with Crippen LogP contribution in [0.2, 0.25) is 0 Å². The lowest BCUT2D eigenvalue weighted by Crippen LogP contribution is -2.19. The summed E-state index contributed by atoms with van der Waals surface area (Å²) < 4.78 is 43.3. The summed E-state index contributed by atoms with van der Waals surface area (Å²) in [6.45, 7) is 1.53.